The summed E-state index contributed by atoms with van der Waals surface area (Å²) in [4.78, 5) is 8.48. The fourth-order valence-electron chi connectivity index (χ4n) is 2.49. The van der Waals surface area contributed by atoms with Crippen LogP contribution in [0, 0.1) is 0 Å². The average Bonchev–Trinajstić information content (AvgIpc) is 3.04. The summed E-state index contributed by atoms with van der Waals surface area (Å²) in [6.07, 6.45) is 5.32. The molecule has 7 heteroatoms. The Morgan fingerprint density at radius 2 is 2.40 bits per heavy atom. The third kappa shape index (κ3) is 4.13. The van der Waals surface area contributed by atoms with Crippen LogP contribution in [0.2, 0.25) is 0 Å². The van der Waals surface area contributed by atoms with Crippen molar-refractivity contribution in [2.24, 2.45) is 12.0 Å². The fourth-order valence-corrected chi connectivity index (χ4v) is 3.63. The molecular weight excluding hydrogens is 272 g/mol. The summed E-state index contributed by atoms with van der Waals surface area (Å²) in [5.74, 6) is 2.95. The molecule has 0 radical (unpaired) electrons. The van der Waals surface area contributed by atoms with Gasteiger partial charge in [-0.1, -0.05) is 6.92 Å². The van der Waals surface area contributed by atoms with Gasteiger partial charge in [0.2, 0.25) is 0 Å². The molecule has 1 aliphatic carbocycles. The molecule has 6 nitrogen and oxygen atoms in total. The normalized spacial score (nSPS) is 23.1. The van der Waals surface area contributed by atoms with Gasteiger partial charge >= 0.3 is 0 Å². The van der Waals surface area contributed by atoms with E-state index in [1.54, 1.807) is 18.1 Å². The van der Waals surface area contributed by atoms with Gasteiger partial charge in [0, 0.05) is 25.4 Å². The number of guanidine groups is 1. The first-order chi connectivity index (χ1) is 9.72. The van der Waals surface area contributed by atoms with Gasteiger partial charge in [-0.05, 0) is 25.0 Å². The average molecular weight is 296 g/mol. The molecule has 2 rings (SSSR count). The molecule has 20 heavy (non-hydrogen) atoms. The lowest BCUT2D eigenvalue weighted by Crippen LogP contribution is -2.42. The Morgan fingerprint density at radius 1 is 1.55 bits per heavy atom. The van der Waals surface area contributed by atoms with Crippen LogP contribution in [-0.2, 0) is 13.6 Å². The number of nitrogens with zero attached hydrogens (tertiary/aromatic N) is 4. The lowest BCUT2D eigenvalue weighted by Gasteiger charge is -2.17. The number of aryl methyl sites for hydroxylation is 1. The van der Waals surface area contributed by atoms with E-state index in [0.29, 0.717) is 12.6 Å². The van der Waals surface area contributed by atoms with Crippen molar-refractivity contribution in [2.45, 2.75) is 44.0 Å². The number of thioether (sulfide) groups is 1. The maximum absolute atomic E-state index is 4.28. The highest BCUT2D eigenvalue weighted by atomic mass is 32.2. The molecular formula is C13H24N6S. The predicted molar refractivity (Wildman–Crippen MR) is 83.9 cm³/mol. The van der Waals surface area contributed by atoms with Crippen molar-refractivity contribution in [3.8, 4) is 0 Å². The minimum Gasteiger partial charge on any atom is -0.354 e. The number of nitrogens with one attached hydrogen (secondary N) is 2. The Kier molecular flexibility index (Phi) is 5.70. The summed E-state index contributed by atoms with van der Waals surface area (Å²) in [5, 5.41) is 11.7. The van der Waals surface area contributed by atoms with Crippen molar-refractivity contribution >= 4 is 17.7 Å². The molecule has 1 aliphatic rings. The Hall–Kier alpha value is -1.24. The minimum atomic E-state index is 0.532. The van der Waals surface area contributed by atoms with Gasteiger partial charge in [0.25, 0.3) is 0 Å². The maximum atomic E-state index is 4.28. The van der Waals surface area contributed by atoms with Crippen molar-refractivity contribution in [1.29, 1.82) is 0 Å². The summed E-state index contributed by atoms with van der Waals surface area (Å²) in [5.41, 5.74) is 0. The number of aliphatic imine (C=N–C) groups is 1. The molecule has 2 atom stereocenters. The smallest absolute Gasteiger partial charge is 0.191 e. The van der Waals surface area contributed by atoms with E-state index in [-0.39, 0.29) is 0 Å². The number of hydrogen-bond acceptors (Lipinski definition) is 4. The fraction of sp³-hybridized carbons (Fsp3) is 0.769. The topological polar surface area (TPSA) is 67.1 Å². The van der Waals surface area contributed by atoms with Gasteiger partial charge in [-0.25, -0.2) is 4.98 Å². The molecule has 1 aromatic heterocycles. The molecule has 2 unspecified atom stereocenters. The van der Waals surface area contributed by atoms with Crippen LogP contribution >= 0.6 is 11.8 Å². The Labute approximate surface area is 124 Å². The van der Waals surface area contributed by atoms with Gasteiger partial charge in [0.05, 0.1) is 6.54 Å². The highest BCUT2D eigenvalue weighted by Gasteiger charge is 2.25. The van der Waals surface area contributed by atoms with Crippen LogP contribution in [-0.4, -0.2) is 44.8 Å². The lowest BCUT2D eigenvalue weighted by molar-refractivity contribution is 0.606. The van der Waals surface area contributed by atoms with Crippen LogP contribution < -0.4 is 10.6 Å². The van der Waals surface area contributed by atoms with Gasteiger partial charge in [0.1, 0.15) is 12.2 Å². The van der Waals surface area contributed by atoms with Gasteiger partial charge in [-0.15, -0.1) is 0 Å². The maximum Gasteiger partial charge on any atom is 0.191 e. The van der Waals surface area contributed by atoms with E-state index < -0.39 is 0 Å². The first kappa shape index (κ1) is 15.2. The predicted octanol–water partition coefficient (Wildman–Crippen LogP) is 1.15. The second-order valence-corrected chi connectivity index (χ2v) is 6.53. The summed E-state index contributed by atoms with van der Waals surface area (Å²) in [6.45, 7) is 2.86. The van der Waals surface area contributed by atoms with Crippen molar-refractivity contribution in [3.05, 3.63) is 12.2 Å². The zero-order valence-corrected chi connectivity index (χ0v) is 13.3. The molecule has 0 aromatic carbocycles. The summed E-state index contributed by atoms with van der Waals surface area (Å²) in [6, 6.07) is 0.532. The molecule has 1 fully saturated rings. The van der Waals surface area contributed by atoms with Gasteiger partial charge in [-0.3, -0.25) is 9.67 Å². The molecule has 1 saturated carbocycles. The van der Waals surface area contributed by atoms with Crippen LogP contribution in [0.5, 0.6) is 0 Å². The highest BCUT2D eigenvalue weighted by Crippen LogP contribution is 2.29. The van der Waals surface area contributed by atoms with Gasteiger partial charge in [-0.2, -0.15) is 16.9 Å². The molecule has 112 valence electrons. The SMILES string of the molecule is CCSC1CCC(NC(=NC)NCc2ncnn2C)C1. The van der Waals surface area contributed by atoms with Crippen LogP contribution in [0.25, 0.3) is 0 Å². The van der Waals surface area contributed by atoms with Gasteiger partial charge in [0.15, 0.2) is 5.96 Å². The Balaban J connectivity index is 1.77. The monoisotopic (exact) mass is 296 g/mol. The molecule has 0 aliphatic heterocycles. The van der Waals surface area contributed by atoms with Crippen LogP contribution in [0.1, 0.15) is 32.0 Å². The number of rotatable bonds is 5. The molecule has 0 saturated heterocycles. The number of hydrogen-bond donors (Lipinski definition) is 2. The highest BCUT2D eigenvalue weighted by molar-refractivity contribution is 7.99. The van der Waals surface area contributed by atoms with E-state index in [2.05, 4.69) is 44.4 Å². The number of aromatic nitrogens is 3. The van der Waals surface area contributed by atoms with Crippen molar-refractivity contribution < 1.29 is 0 Å². The summed E-state index contributed by atoms with van der Waals surface area (Å²) in [7, 11) is 3.70. The third-order valence-corrected chi connectivity index (χ3v) is 4.80. The quantitative estimate of drug-likeness (QED) is 0.630. The van der Waals surface area contributed by atoms with E-state index in [4.69, 9.17) is 0 Å². The summed E-state index contributed by atoms with van der Waals surface area (Å²) >= 11 is 2.07. The zero-order valence-electron chi connectivity index (χ0n) is 12.5. The molecule has 0 amide bonds. The van der Waals surface area contributed by atoms with Gasteiger partial charge < -0.3 is 10.6 Å². The Bertz CT molecular complexity index is 444. The largest absolute Gasteiger partial charge is 0.354 e. The van der Waals surface area contributed by atoms with Crippen LogP contribution in [0.3, 0.4) is 0 Å². The summed E-state index contributed by atoms with van der Waals surface area (Å²) < 4.78 is 1.77. The van der Waals surface area contributed by atoms with E-state index in [0.717, 1.165) is 17.0 Å². The lowest BCUT2D eigenvalue weighted by atomic mass is 10.2. The third-order valence-electron chi connectivity index (χ3n) is 3.57. The first-order valence-corrected chi connectivity index (χ1v) is 8.19. The Morgan fingerprint density at radius 3 is 3.05 bits per heavy atom. The molecule has 2 N–H and O–H groups in total. The zero-order chi connectivity index (χ0) is 14.4. The molecule has 0 spiro atoms. The second kappa shape index (κ2) is 7.52. The first-order valence-electron chi connectivity index (χ1n) is 7.14. The standard InChI is InChI=1S/C13H24N6S/c1-4-20-11-6-5-10(7-11)18-13(14-2)15-8-12-16-9-17-19(12)3/h9-11H,4-8H2,1-3H3,(H2,14,15,18). The molecule has 0 bridgehead atoms. The van der Waals surface area contributed by atoms with Crippen molar-refractivity contribution in [1.82, 2.24) is 25.4 Å². The van der Waals surface area contributed by atoms with Crippen LogP contribution in [0.15, 0.2) is 11.3 Å². The minimum absolute atomic E-state index is 0.532. The van der Waals surface area contributed by atoms with E-state index in [1.165, 1.54) is 25.0 Å². The van der Waals surface area contributed by atoms with Crippen LogP contribution in [0.4, 0.5) is 0 Å². The van der Waals surface area contributed by atoms with E-state index >= 15 is 0 Å². The molecule has 1 heterocycles. The van der Waals surface area contributed by atoms with E-state index in [1.807, 2.05) is 7.05 Å². The van der Waals surface area contributed by atoms with E-state index in [9.17, 15) is 0 Å². The second-order valence-electron chi connectivity index (χ2n) is 4.96. The van der Waals surface area contributed by atoms with Crippen molar-refractivity contribution in [3.63, 3.8) is 0 Å². The van der Waals surface area contributed by atoms with Crippen molar-refractivity contribution in [2.75, 3.05) is 12.8 Å². The molecule has 1 aromatic rings.